The van der Waals surface area contributed by atoms with Crippen LogP contribution < -0.4 is 5.73 Å². The molecule has 0 aliphatic heterocycles. The van der Waals surface area contributed by atoms with Gasteiger partial charge in [0.2, 0.25) is 0 Å². The fraction of sp³-hybridized carbons (Fsp3) is 0.625. The molecule has 100 valence electrons. The molecule has 18 heavy (non-hydrogen) atoms. The van der Waals surface area contributed by atoms with E-state index in [4.69, 9.17) is 17.3 Å². The van der Waals surface area contributed by atoms with Crippen LogP contribution in [0.3, 0.4) is 0 Å². The van der Waals surface area contributed by atoms with Gasteiger partial charge in [0, 0.05) is 5.02 Å². The maximum Gasteiger partial charge on any atom is 0.0440 e. The summed E-state index contributed by atoms with van der Waals surface area (Å²) in [4.78, 5) is 0. The summed E-state index contributed by atoms with van der Waals surface area (Å²) in [6, 6.07) is 6.41. The molecule has 2 N–H and O–H groups in total. The molecule has 1 saturated carbocycles. The van der Waals surface area contributed by atoms with Crippen LogP contribution in [-0.4, -0.2) is 6.54 Å². The molecule has 1 aromatic rings. The van der Waals surface area contributed by atoms with E-state index in [1.165, 1.54) is 30.4 Å². The highest BCUT2D eigenvalue weighted by molar-refractivity contribution is 6.31. The summed E-state index contributed by atoms with van der Waals surface area (Å²) in [7, 11) is 0. The molecular weight excluding hydrogens is 242 g/mol. The van der Waals surface area contributed by atoms with E-state index in [0.717, 1.165) is 23.9 Å². The van der Waals surface area contributed by atoms with Gasteiger partial charge >= 0.3 is 0 Å². The first-order valence-electron chi connectivity index (χ1n) is 7.05. The Morgan fingerprint density at radius 2 is 2.06 bits per heavy atom. The quantitative estimate of drug-likeness (QED) is 0.871. The average Bonchev–Trinajstić information content (AvgIpc) is 2.33. The fourth-order valence-corrected chi connectivity index (χ4v) is 3.53. The highest BCUT2D eigenvalue weighted by Crippen LogP contribution is 2.36. The number of hydrogen-bond acceptors (Lipinski definition) is 1. The molecule has 1 aliphatic rings. The molecule has 2 heteroatoms. The van der Waals surface area contributed by atoms with E-state index in [-0.39, 0.29) is 0 Å². The molecule has 0 spiro atoms. The SMILES string of the molecule is Cc1ccc(CC2CC(C)CCC2CN)c(Cl)c1. The molecule has 0 heterocycles. The van der Waals surface area contributed by atoms with Gasteiger partial charge in [0.25, 0.3) is 0 Å². The summed E-state index contributed by atoms with van der Waals surface area (Å²) in [6.07, 6.45) is 5.00. The highest BCUT2D eigenvalue weighted by atomic mass is 35.5. The van der Waals surface area contributed by atoms with E-state index in [0.29, 0.717) is 11.8 Å². The first-order chi connectivity index (χ1) is 8.60. The lowest BCUT2D eigenvalue weighted by atomic mass is 9.72. The zero-order chi connectivity index (χ0) is 13.1. The Morgan fingerprint density at radius 3 is 2.72 bits per heavy atom. The number of rotatable bonds is 3. The van der Waals surface area contributed by atoms with Crippen LogP contribution in [0.1, 0.15) is 37.3 Å². The van der Waals surface area contributed by atoms with Gasteiger partial charge in [0.05, 0.1) is 0 Å². The van der Waals surface area contributed by atoms with Crippen molar-refractivity contribution in [1.29, 1.82) is 0 Å². The predicted molar refractivity (Wildman–Crippen MR) is 78.9 cm³/mol. The van der Waals surface area contributed by atoms with Crippen LogP contribution in [0.15, 0.2) is 18.2 Å². The monoisotopic (exact) mass is 265 g/mol. The van der Waals surface area contributed by atoms with Crippen molar-refractivity contribution in [2.75, 3.05) is 6.54 Å². The Labute approximate surface area is 116 Å². The van der Waals surface area contributed by atoms with Crippen molar-refractivity contribution in [3.8, 4) is 0 Å². The molecule has 2 rings (SSSR count). The number of benzene rings is 1. The minimum atomic E-state index is 0.679. The molecule has 1 aliphatic carbocycles. The number of aryl methyl sites for hydroxylation is 1. The molecule has 3 unspecified atom stereocenters. The van der Waals surface area contributed by atoms with Crippen LogP contribution in [-0.2, 0) is 6.42 Å². The van der Waals surface area contributed by atoms with Crippen molar-refractivity contribution >= 4 is 11.6 Å². The second-order valence-corrected chi connectivity index (χ2v) is 6.38. The Kier molecular flexibility index (Phi) is 4.69. The van der Waals surface area contributed by atoms with Crippen molar-refractivity contribution < 1.29 is 0 Å². The second-order valence-electron chi connectivity index (χ2n) is 5.97. The number of nitrogens with two attached hydrogens (primary N) is 1. The van der Waals surface area contributed by atoms with E-state index in [2.05, 4.69) is 32.0 Å². The largest absolute Gasteiger partial charge is 0.330 e. The van der Waals surface area contributed by atoms with Gasteiger partial charge in [0.1, 0.15) is 0 Å². The van der Waals surface area contributed by atoms with Crippen molar-refractivity contribution in [3.05, 3.63) is 34.3 Å². The maximum atomic E-state index is 6.34. The smallest absolute Gasteiger partial charge is 0.0440 e. The van der Waals surface area contributed by atoms with E-state index >= 15 is 0 Å². The Morgan fingerprint density at radius 1 is 1.28 bits per heavy atom. The molecule has 1 fully saturated rings. The second kappa shape index (κ2) is 6.08. The lowest BCUT2D eigenvalue weighted by Crippen LogP contribution is -2.31. The van der Waals surface area contributed by atoms with Crippen LogP contribution in [0.5, 0.6) is 0 Å². The standard InChI is InChI=1S/C16H24ClN/c1-11-4-6-14(10-18)15(7-11)9-13-5-3-12(2)8-16(13)17/h3,5,8,11,14-15H,4,6-7,9-10,18H2,1-2H3. The first-order valence-corrected chi connectivity index (χ1v) is 7.43. The van der Waals surface area contributed by atoms with Gasteiger partial charge in [0.15, 0.2) is 0 Å². The molecular formula is C16H24ClN. The minimum absolute atomic E-state index is 0.679. The predicted octanol–water partition coefficient (Wildman–Crippen LogP) is 4.20. The van der Waals surface area contributed by atoms with E-state index in [1.54, 1.807) is 0 Å². The Hall–Kier alpha value is -0.530. The third-order valence-electron chi connectivity index (χ3n) is 4.40. The van der Waals surface area contributed by atoms with Gasteiger partial charge in [-0.25, -0.2) is 0 Å². The average molecular weight is 266 g/mol. The summed E-state index contributed by atoms with van der Waals surface area (Å²) < 4.78 is 0. The zero-order valence-electron chi connectivity index (χ0n) is 11.5. The minimum Gasteiger partial charge on any atom is -0.330 e. The maximum absolute atomic E-state index is 6.34. The normalized spacial score (nSPS) is 28.3. The Bertz CT molecular complexity index is 402. The molecule has 1 aromatic carbocycles. The summed E-state index contributed by atoms with van der Waals surface area (Å²) in [5, 5.41) is 0.920. The molecule has 0 radical (unpaired) electrons. The van der Waals surface area contributed by atoms with Crippen molar-refractivity contribution in [2.45, 2.75) is 39.5 Å². The van der Waals surface area contributed by atoms with Gasteiger partial charge in [-0.2, -0.15) is 0 Å². The fourth-order valence-electron chi connectivity index (χ4n) is 3.22. The molecule has 0 aromatic heterocycles. The number of halogens is 1. The van der Waals surface area contributed by atoms with Crippen molar-refractivity contribution in [2.24, 2.45) is 23.5 Å². The van der Waals surface area contributed by atoms with Gasteiger partial charge in [-0.05, 0) is 67.7 Å². The van der Waals surface area contributed by atoms with Gasteiger partial charge in [-0.3, -0.25) is 0 Å². The van der Waals surface area contributed by atoms with E-state index in [1.807, 2.05) is 0 Å². The number of hydrogen-bond donors (Lipinski definition) is 1. The van der Waals surface area contributed by atoms with Crippen LogP contribution in [0.4, 0.5) is 0 Å². The third kappa shape index (κ3) is 3.27. The highest BCUT2D eigenvalue weighted by Gasteiger charge is 2.28. The molecule has 0 bridgehead atoms. The van der Waals surface area contributed by atoms with Crippen LogP contribution in [0, 0.1) is 24.7 Å². The van der Waals surface area contributed by atoms with Crippen LogP contribution >= 0.6 is 11.6 Å². The topological polar surface area (TPSA) is 26.0 Å². The lowest BCUT2D eigenvalue weighted by molar-refractivity contribution is 0.193. The van der Waals surface area contributed by atoms with Crippen molar-refractivity contribution in [1.82, 2.24) is 0 Å². The Balaban J connectivity index is 2.10. The first kappa shape index (κ1) is 13.9. The molecule has 0 amide bonds. The van der Waals surface area contributed by atoms with E-state index < -0.39 is 0 Å². The van der Waals surface area contributed by atoms with Crippen LogP contribution in [0.2, 0.25) is 5.02 Å². The molecule has 1 nitrogen and oxygen atoms in total. The molecule has 3 atom stereocenters. The lowest BCUT2D eigenvalue weighted by Gasteiger charge is -2.34. The van der Waals surface area contributed by atoms with Gasteiger partial charge < -0.3 is 5.73 Å². The van der Waals surface area contributed by atoms with Gasteiger partial charge in [-0.15, -0.1) is 0 Å². The summed E-state index contributed by atoms with van der Waals surface area (Å²) in [5.41, 5.74) is 8.45. The molecule has 0 saturated heterocycles. The van der Waals surface area contributed by atoms with Crippen molar-refractivity contribution in [3.63, 3.8) is 0 Å². The van der Waals surface area contributed by atoms with E-state index in [9.17, 15) is 0 Å². The zero-order valence-corrected chi connectivity index (χ0v) is 12.2. The summed E-state index contributed by atoms with van der Waals surface area (Å²) >= 11 is 6.34. The van der Waals surface area contributed by atoms with Crippen LogP contribution in [0.25, 0.3) is 0 Å². The third-order valence-corrected chi connectivity index (χ3v) is 4.75. The van der Waals surface area contributed by atoms with Gasteiger partial charge in [-0.1, -0.05) is 37.1 Å². The summed E-state index contributed by atoms with van der Waals surface area (Å²) in [6.45, 7) is 5.26. The summed E-state index contributed by atoms with van der Waals surface area (Å²) in [5.74, 6) is 2.22.